The molecule has 5 heteroatoms. The fraction of sp³-hybridized carbons (Fsp3) is 0.545. The standard InChI is InChI=1S/C11H14F2N2O/c1-8-7-15(5-3-11(8,12)13)10(16)9-2-4-14-6-9/h2,4,6,8,14H,3,5,7H2,1H3/t8-/m1/s1. The molecule has 1 aliphatic heterocycles. The van der Waals surface area contributed by atoms with E-state index >= 15 is 0 Å². The number of nitrogens with one attached hydrogen (secondary N) is 1. The van der Waals surface area contributed by atoms with Crippen molar-refractivity contribution in [2.45, 2.75) is 19.3 Å². The van der Waals surface area contributed by atoms with Crippen LogP contribution < -0.4 is 0 Å². The van der Waals surface area contributed by atoms with Crippen molar-refractivity contribution in [3.05, 3.63) is 24.0 Å². The predicted octanol–water partition coefficient (Wildman–Crippen LogP) is 2.13. The topological polar surface area (TPSA) is 36.1 Å². The highest BCUT2D eigenvalue weighted by molar-refractivity contribution is 5.94. The number of carbonyl (C=O) groups is 1. The number of amides is 1. The predicted molar refractivity (Wildman–Crippen MR) is 55.4 cm³/mol. The summed E-state index contributed by atoms with van der Waals surface area (Å²) < 4.78 is 26.5. The Bertz CT molecular complexity index is 375. The van der Waals surface area contributed by atoms with Gasteiger partial charge in [-0.2, -0.15) is 0 Å². The van der Waals surface area contributed by atoms with Crippen molar-refractivity contribution in [1.29, 1.82) is 0 Å². The number of halogens is 2. The van der Waals surface area contributed by atoms with Gasteiger partial charge in [-0.3, -0.25) is 4.79 Å². The van der Waals surface area contributed by atoms with Gasteiger partial charge in [0.25, 0.3) is 11.8 Å². The van der Waals surface area contributed by atoms with Gasteiger partial charge in [0.2, 0.25) is 0 Å². The van der Waals surface area contributed by atoms with Crippen molar-refractivity contribution in [3.8, 4) is 0 Å². The van der Waals surface area contributed by atoms with Crippen molar-refractivity contribution < 1.29 is 13.6 Å². The number of piperidine rings is 1. The van der Waals surface area contributed by atoms with Crippen LogP contribution in [0.3, 0.4) is 0 Å². The molecule has 0 unspecified atom stereocenters. The Morgan fingerprint density at radius 2 is 2.38 bits per heavy atom. The molecule has 1 amide bonds. The molecular weight excluding hydrogens is 214 g/mol. The Morgan fingerprint density at radius 1 is 1.62 bits per heavy atom. The van der Waals surface area contributed by atoms with Crippen molar-refractivity contribution in [3.63, 3.8) is 0 Å². The van der Waals surface area contributed by atoms with Crippen molar-refractivity contribution >= 4 is 5.91 Å². The van der Waals surface area contributed by atoms with Crippen LogP contribution in [0, 0.1) is 5.92 Å². The highest BCUT2D eigenvalue weighted by atomic mass is 19.3. The largest absolute Gasteiger partial charge is 0.367 e. The molecule has 88 valence electrons. The molecule has 2 rings (SSSR count). The first kappa shape index (κ1) is 11.1. The maximum absolute atomic E-state index is 13.2. The molecule has 1 saturated heterocycles. The van der Waals surface area contributed by atoms with Gasteiger partial charge in [0, 0.05) is 37.8 Å². The molecule has 0 aliphatic carbocycles. The molecule has 1 aliphatic rings. The van der Waals surface area contributed by atoms with Crippen LogP contribution in [0.25, 0.3) is 0 Å². The lowest BCUT2D eigenvalue weighted by Gasteiger charge is -2.36. The van der Waals surface area contributed by atoms with Crippen LogP contribution >= 0.6 is 0 Å². The molecule has 1 N–H and O–H groups in total. The number of rotatable bonds is 1. The number of likely N-dealkylation sites (tertiary alicyclic amines) is 1. The van der Waals surface area contributed by atoms with Crippen molar-refractivity contribution in [1.82, 2.24) is 9.88 Å². The SMILES string of the molecule is C[C@@H]1CN(C(=O)c2cc[nH]c2)CCC1(F)F. The molecule has 1 aromatic rings. The number of nitrogens with zero attached hydrogens (tertiary/aromatic N) is 1. The third kappa shape index (κ3) is 1.94. The molecule has 0 spiro atoms. The second-order valence-electron chi connectivity index (χ2n) is 4.26. The zero-order chi connectivity index (χ0) is 11.8. The van der Waals surface area contributed by atoms with Gasteiger partial charge >= 0.3 is 0 Å². The summed E-state index contributed by atoms with van der Waals surface area (Å²) in [5.74, 6) is -3.60. The van der Waals surface area contributed by atoms with Crippen LogP contribution in [0.1, 0.15) is 23.7 Å². The van der Waals surface area contributed by atoms with Crippen LogP contribution in [0.4, 0.5) is 8.78 Å². The molecule has 0 saturated carbocycles. The average molecular weight is 228 g/mol. The first-order valence-corrected chi connectivity index (χ1v) is 5.30. The van der Waals surface area contributed by atoms with Gasteiger partial charge < -0.3 is 9.88 Å². The molecule has 16 heavy (non-hydrogen) atoms. The first-order valence-electron chi connectivity index (χ1n) is 5.30. The second-order valence-corrected chi connectivity index (χ2v) is 4.26. The molecular formula is C11H14F2N2O. The minimum Gasteiger partial charge on any atom is -0.367 e. The Kier molecular flexibility index (Phi) is 2.69. The fourth-order valence-electron chi connectivity index (χ4n) is 1.91. The minimum atomic E-state index is -2.64. The van der Waals surface area contributed by atoms with Gasteiger partial charge in [-0.1, -0.05) is 6.92 Å². The number of aromatic nitrogens is 1. The van der Waals surface area contributed by atoms with E-state index in [1.165, 1.54) is 11.8 Å². The van der Waals surface area contributed by atoms with E-state index in [2.05, 4.69) is 4.98 Å². The van der Waals surface area contributed by atoms with E-state index in [-0.39, 0.29) is 25.4 Å². The zero-order valence-corrected chi connectivity index (χ0v) is 9.04. The Labute approximate surface area is 92.4 Å². The van der Waals surface area contributed by atoms with E-state index < -0.39 is 11.8 Å². The highest BCUT2D eigenvalue weighted by Gasteiger charge is 2.42. The number of alkyl halides is 2. The van der Waals surface area contributed by atoms with Crippen LogP contribution in [0.5, 0.6) is 0 Å². The quantitative estimate of drug-likeness (QED) is 0.785. The van der Waals surface area contributed by atoms with E-state index in [4.69, 9.17) is 0 Å². The Hall–Kier alpha value is -1.39. The van der Waals surface area contributed by atoms with E-state index in [1.54, 1.807) is 18.5 Å². The maximum atomic E-state index is 13.2. The highest BCUT2D eigenvalue weighted by Crippen LogP contribution is 2.33. The molecule has 1 fully saturated rings. The second kappa shape index (κ2) is 3.88. The summed E-state index contributed by atoms with van der Waals surface area (Å²) in [4.78, 5) is 16.2. The lowest BCUT2D eigenvalue weighted by atomic mass is 9.95. The number of hydrogen-bond donors (Lipinski definition) is 1. The van der Waals surface area contributed by atoms with Crippen molar-refractivity contribution in [2.75, 3.05) is 13.1 Å². The van der Waals surface area contributed by atoms with Gasteiger partial charge in [0.15, 0.2) is 0 Å². The van der Waals surface area contributed by atoms with Gasteiger partial charge in [-0.15, -0.1) is 0 Å². The van der Waals surface area contributed by atoms with E-state index in [0.29, 0.717) is 5.56 Å². The molecule has 0 radical (unpaired) electrons. The number of hydrogen-bond acceptors (Lipinski definition) is 1. The van der Waals surface area contributed by atoms with Crippen LogP contribution in [0.2, 0.25) is 0 Å². The molecule has 2 heterocycles. The Balaban J connectivity index is 2.06. The third-order valence-electron chi connectivity index (χ3n) is 3.06. The third-order valence-corrected chi connectivity index (χ3v) is 3.06. The number of carbonyl (C=O) groups excluding carboxylic acids is 1. The minimum absolute atomic E-state index is 0.122. The first-order chi connectivity index (χ1) is 7.50. The monoisotopic (exact) mass is 228 g/mol. The average Bonchev–Trinajstić information content (AvgIpc) is 2.74. The van der Waals surface area contributed by atoms with E-state index in [1.807, 2.05) is 0 Å². The summed E-state index contributed by atoms with van der Waals surface area (Å²) in [5.41, 5.74) is 0.525. The fourth-order valence-corrected chi connectivity index (χ4v) is 1.91. The summed E-state index contributed by atoms with van der Waals surface area (Å²) in [6.07, 6.45) is 2.99. The van der Waals surface area contributed by atoms with Crippen LogP contribution in [-0.4, -0.2) is 34.8 Å². The van der Waals surface area contributed by atoms with Gasteiger partial charge in [0.1, 0.15) is 0 Å². The van der Waals surface area contributed by atoms with E-state index in [0.717, 1.165) is 0 Å². The number of aromatic amines is 1. The van der Waals surface area contributed by atoms with Gasteiger partial charge in [-0.25, -0.2) is 8.78 Å². The summed E-state index contributed by atoms with van der Waals surface area (Å²) in [6, 6.07) is 1.65. The molecule has 1 atom stereocenters. The van der Waals surface area contributed by atoms with Crippen LogP contribution in [-0.2, 0) is 0 Å². The molecule has 3 nitrogen and oxygen atoms in total. The Morgan fingerprint density at radius 3 is 2.94 bits per heavy atom. The summed E-state index contributed by atoms with van der Waals surface area (Å²) in [5, 5.41) is 0. The van der Waals surface area contributed by atoms with Gasteiger partial charge in [-0.05, 0) is 6.07 Å². The smallest absolute Gasteiger partial charge is 0.255 e. The van der Waals surface area contributed by atoms with Crippen LogP contribution in [0.15, 0.2) is 18.5 Å². The lowest BCUT2D eigenvalue weighted by Crippen LogP contribution is -2.48. The summed E-state index contributed by atoms with van der Waals surface area (Å²) >= 11 is 0. The molecule has 0 aromatic carbocycles. The summed E-state index contributed by atoms with van der Waals surface area (Å²) in [7, 11) is 0. The molecule has 0 bridgehead atoms. The molecule has 1 aromatic heterocycles. The normalized spacial score (nSPS) is 24.4. The van der Waals surface area contributed by atoms with E-state index in [9.17, 15) is 13.6 Å². The van der Waals surface area contributed by atoms with Gasteiger partial charge in [0.05, 0.1) is 5.56 Å². The van der Waals surface area contributed by atoms with Crippen molar-refractivity contribution in [2.24, 2.45) is 5.92 Å². The number of H-pyrrole nitrogens is 1. The zero-order valence-electron chi connectivity index (χ0n) is 9.04. The maximum Gasteiger partial charge on any atom is 0.255 e. The lowest BCUT2D eigenvalue weighted by molar-refractivity contribution is -0.0921. The summed E-state index contributed by atoms with van der Waals surface area (Å²) in [6.45, 7) is 1.73.